The van der Waals surface area contributed by atoms with Crippen LogP contribution in [-0.2, 0) is 12.0 Å². The minimum Gasteiger partial charge on any atom is -0.357 e. The first-order valence-corrected chi connectivity index (χ1v) is 9.51. The molecule has 6 nitrogen and oxygen atoms in total. The smallest absolute Gasteiger partial charge is 0.233 e. The van der Waals surface area contributed by atoms with Crippen molar-refractivity contribution in [2.45, 2.75) is 32.7 Å². The van der Waals surface area contributed by atoms with Crippen LogP contribution in [0.2, 0.25) is 5.02 Å². The van der Waals surface area contributed by atoms with Crippen molar-refractivity contribution >= 4 is 35.1 Å². The van der Waals surface area contributed by atoms with Gasteiger partial charge in [-0.3, -0.25) is 0 Å². The number of hydrogen-bond acceptors (Lipinski definition) is 6. The Labute approximate surface area is 170 Å². The normalized spacial score (nSPS) is 11.2. The van der Waals surface area contributed by atoms with Crippen molar-refractivity contribution in [3.63, 3.8) is 0 Å². The lowest BCUT2D eigenvalue weighted by Crippen LogP contribution is -2.11. The van der Waals surface area contributed by atoms with Gasteiger partial charge >= 0.3 is 0 Å². The number of hydrogen-bond donors (Lipinski definition) is 3. The van der Waals surface area contributed by atoms with Gasteiger partial charge in [0.15, 0.2) is 0 Å². The minimum atomic E-state index is 0.112. The molecule has 0 aliphatic carbocycles. The molecule has 146 valence electrons. The summed E-state index contributed by atoms with van der Waals surface area (Å²) in [6.45, 7) is 7.10. The Balaban J connectivity index is 1.76. The van der Waals surface area contributed by atoms with Crippen LogP contribution in [0.25, 0.3) is 0 Å². The van der Waals surface area contributed by atoms with E-state index in [0.29, 0.717) is 29.4 Å². The zero-order chi connectivity index (χ0) is 20.1. The van der Waals surface area contributed by atoms with Crippen molar-refractivity contribution in [1.82, 2.24) is 15.0 Å². The van der Waals surface area contributed by atoms with E-state index >= 15 is 0 Å². The molecule has 0 aliphatic heterocycles. The minimum absolute atomic E-state index is 0.112. The number of nitrogens with zero attached hydrogens (tertiary/aromatic N) is 3. The Bertz CT molecular complexity index is 934. The Morgan fingerprint density at radius 1 is 0.857 bits per heavy atom. The highest BCUT2D eigenvalue weighted by molar-refractivity contribution is 6.31. The zero-order valence-electron chi connectivity index (χ0n) is 16.5. The van der Waals surface area contributed by atoms with Gasteiger partial charge in [-0.25, -0.2) is 0 Å². The highest BCUT2D eigenvalue weighted by Crippen LogP contribution is 2.24. The maximum absolute atomic E-state index is 6.21. The molecule has 0 fully saturated rings. The summed E-state index contributed by atoms with van der Waals surface area (Å²) in [5.74, 6) is 1.41. The van der Waals surface area contributed by atoms with Gasteiger partial charge in [-0.05, 0) is 34.7 Å². The van der Waals surface area contributed by atoms with E-state index < -0.39 is 0 Å². The lowest BCUT2D eigenvalue weighted by atomic mass is 9.87. The molecule has 0 bridgehead atoms. The summed E-state index contributed by atoms with van der Waals surface area (Å²) in [7, 11) is 1.77. The highest BCUT2D eigenvalue weighted by Gasteiger charge is 2.13. The van der Waals surface area contributed by atoms with E-state index in [1.165, 1.54) is 5.56 Å². The van der Waals surface area contributed by atoms with Gasteiger partial charge in [0.2, 0.25) is 17.8 Å². The fraction of sp³-hybridized carbons (Fsp3) is 0.286. The monoisotopic (exact) mass is 396 g/mol. The van der Waals surface area contributed by atoms with Crippen LogP contribution in [0.1, 0.15) is 31.9 Å². The second kappa shape index (κ2) is 8.44. The van der Waals surface area contributed by atoms with Gasteiger partial charge in [0.1, 0.15) is 0 Å². The van der Waals surface area contributed by atoms with Crippen LogP contribution in [0.4, 0.5) is 23.5 Å². The maximum Gasteiger partial charge on any atom is 0.233 e. The van der Waals surface area contributed by atoms with Gasteiger partial charge in [-0.1, -0.05) is 62.7 Å². The van der Waals surface area contributed by atoms with Crippen LogP contribution < -0.4 is 16.0 Å². The molecular weight excluding hydrogens is 372 g/mol. The third-order valence-electron chi connectivity index (χ3n) is 4.26. The average molecular weight is 397 g/mol. The van der Waals surface area contributed by atoms with Crippen LogP contribution in [0.5, 0.6) is 0 Å². The molecule has 0 atom stereocenters. The first-order valence-electron chi connectivity index (χ1n) is 9.14. The fourth-order valence-electron chi connectivity index (χ4n) is 2.62. The third-order valence-corrected chi connectivity index (χ3v) is 4.63. The van der Waals surface area contributed by atoms with E-state index in [4.69, 9.17) is 11.6 Å². The summed E-state index contributed by atoms with van der Waals surface area (Å²) in [5, 5.41) is 10.1. The molecule has 3 N–H and O–H groups in total. The molecule has 0 unspecified atom stereocenters. The summed E-state index contributed by atoms with van der Waals surface area (Å²) < 4.78 is 0. The van der Waals surface area contributed by atoms with Gasteiger partial charge < -0.3 is 16.0 Å². The van der Waals surface area contributed by atoms with Crippen LogP contribution in [0.3, 0.4) is 0 Å². The molecule has 0 spiro atoms. The number of nitrogens with one attached hydrogen (secondary N) is 3. The quantitative estimate of drug-likeness (QED) is 0.530. The lowest BCUT2D eigenvalue weighted by molar-refractivity contribution is 0.590. The average Bonchev–Trinajstić information content (AvgIpc) is 2.67. The molecule has 0 saturated carbocycles. The van der Waals surface area contributed by atoms with Gasteiger partial charge in [-0.15, -0.1) is 0 Å². The van der Waals surface area contributed by atoms with Crippen molar-refractivity contribution in [1.29, 1.82) is 0 Å². The van der Waals surface area contributed by atoms with Crippen molar-refractivity contribution in [3.05, 3.63) is 64.7 Å². The van der Waals surface area contributed by atoms with Crippen LogP contribution in [0.15, 0.2) is 48.5 Å². The van der Waals surface area contributed by atoms with E-state index in [-0.39, 0.29) is 5.41 Å². The fourth-order valence-corrected chi connectivity index (χ4v) is 2.82. The topological polar surface area (TPSA) is 74.8 Å². The Kier molecular flexibility index (Phi) is 5.99. The number of halogens is 1. The number of anilines is 4. The first kappa shape index (κ1) is 19.9. The summed E-state index contributed by atoms with van der Waals surface area (Å²) in [5.41, 5.74) is 3.27. The van der Waals surface area contributed by atoms with E-state index in [1.807, 2.05) is 36.4 Å². The summed E-state index contributed by atoms with van der Waals surface area (Å²) in [4.78, 5) is 13.2. The van der Waals surface area contributed by atoms with E-state index in [9.17, 15) is 0 Å². The molecule has 0 saturated heterocycles. The van der Waals surface area contributed by atoms with Gasteiger partial charge in [0.25, 0.3) is 0 Å². The number of benzene rings is 2. The predicted molar refractivity (Wildman–Crippen MR) is 117 cm³/mol. The highest BCUT2D eigenvalue weighted by atomic mass is 35.5. The Morgan fingerprint density at radius 3 is 2.14 bits per heavy atom. The van der Waals surface area contributed by atoms with Crippen molar-refractivity contribution < 1.29 is 0 Å². The maximum atomic E-state index is 6.21. The summed E-state index contributed by atoms with van der Waals surface area (Å²) in [6.07, 6.45) is 0. The van der Waals surface area contributed by atoms with E-state index in [0.717, 1.165) is 11.3 Å². The predicted octanol–water partition coefficient (Wildman–Crippen LogP) is 5.22. The molecule has 1 heterocycles. The molecule has 28 heavy (non-hydrogen) atoms. The standard InChI is InChI=1S/C21H25ClN6/c1-21(2,3)15-9-11-16(12-10-15)25-20-27-18(23-4)26-19(28-20)24-13-14-7-5-6-8-17(14)22/h5-12H,13H2,1-4H3,(H3,23,24,25,26,27,28). The largest absolute Gasteiger partial charge is 0.357 e. The summed E-state index contributed by atoms with van der Waals surface area (Å²) in [6, 6.07) is 16.0. The Hall–Kier alpha value is -2.86. The SMILES string of the molecule is CNc1nc(NCc2ccccc2Cl)nc(Nc2ccc(C(C)(C)C)cc2)n1. The second-order valence-corrected chi connectivity index (χ2v) is 7.86. The van der Waals surface area contributed by atoms with Crippen molar-refractivity contribution in [2.75, 3.05) is 23.0 Å². The second-order valence-electron chi connectivity index (χ2n) is 7.45. The zero-order valence-corrected chi connectivity index (χ0v) is 17.3. The molecule has 2 aromatic carbocycles. The van der Waals surface area contributed by atoms with E-state index in [2.05, 4.69) is 63.8 Å². The number of aromatic nitrogens is 3. The molecular formula is C21H25ClN6. The van der Waals surface area contributed by atoms with Gasteiger partial charge in [0.05, 0.1) is 0 Å². The van der Waals surface area contributed by atoms with Gasteiger partial charge in [0, 0.05) is 24.3 Å². The summed E-state index contributed by atoms with van der Waals surface area (Å²) >= 11 is 6.21. The van der Waals surface area contributed by atoms with Crippen molar-refractivity contribution in [2.24, 2.45) is 0 Å². The first-order chi connectivity index (χ1) is 13.3. The molecule has 3 rings (SSSR count). The molecule has 3 aromatic rings. The lowest BCUT2D eigenvalue weighted by Gasteiger charge is -2.19. The van der Waals surface area contributed by atoms with Gasteiger partial charge in [-0.2, -0.15) is 15.0 Å². The molecule has 7 heteroatoms. The molecule has 1 aromatic heterocycles. The Morgan fingerprint density at radius 2 is 1.50 bits per heavy atom. The molecule has 0 amide bonds. The molecule has 0 radical (unpaired) electrons. The third kappa shape index (κ3) is 5.10. The van der Waals surface area contributed by atoms with Crippen LogP contribution >= 0.6 is 11.6 Å². The van der Waals surface area contributed by atoms with E-state index in [1.54, 1.807) is 7.05 Å². The van der Waals surface area contributed by atoms with Crippen LogP contribution in [0, 0.1) is 0 Å². The molecule has 0 aliphatic rings. The van der Waals surface area contributed by atoms with Crippen molar-refractivity contribution in [3.8, 4) is 0 Å². The van der Waals surface area contributed by atoms with Crippen LogP contribution in [-0.4, -0.2) is 22.0 Å². The number of rotatable bonds is 6.